The highest BCUT2D eigenvalue weighted by Crippen LogP contribution is 2.29. The van der Waals surface area contributed by atoms with Gasteiger partial charge in [0.1, 0.15) is 17.2 Å². The van der Waals surface area contributed by atoms with Gasteiger partial charge in [0, 0.05) is 6.20 Å². The summed E-state index contributed by atoms with van der Waals surface area (Å²) in [7, 11) is 0. The zero-order chi connectivity index (χ0) is 14.4. The van der Waals surface area contributed by atoms with Crippen molar-refractivity contribution in [1.29, 1.82) is 5.26 Å². The summed E-state index contributed by atoms with van der Waals surface area (Å²) in [4.78, 5) is 16.8. The van der Waals surface area contributed by atoms with Crippen LogP contribution in [0.3, 0.4) is 0 Å². The van der Waals surface area contributed by atoms with Gasteiger partial charge in [0.25, 0.3) is 5.71 Å². The molecule has 0 aliphatic carbocycles. The van der Waals surface area contributed by atoms with E-state index in [4.69, 9.17) is 9.68 Å². The summed E-state index contributed by atoms with van der Waals surface area (Å²) in [5.74, 6) is 0. The molecule has 3 heterocycles. The molecule has 100 valence electrons. The van der Waals surface area contributed by atoms with Crippen molar-refractivity contribution in [2.45, 2.75) is 18.7 Å². The third kappa shape index (κ3) is 1.63. The van der Waals surface area contributed by atoms with Crippen molar-refractivity contribution >= 4 is 28.6 Å². The average molecular weight is 285 g/mol. The van der Waals surface area contributed by atoms with E-state index in [-0.39, 0.29) is 11.3 Å². The Morgan fingerprint density at radius 1 is 1.45 bits per heavy atom. The number of hydrogen-bond acceptors (Lipinski definition) is 5. The molecule has 0 saturated heterocycles. The van der Waals surface area contributed by atoms with Crippen LogP contribution >= 0.6 is 11.8 Å². The van der Waals surface area contributed by atoms with E-state index in [2.05, 4.69) is 4.98 Å². The fraction of sp³-hybridized carbons (Fsp3) is 0.214. The maximum Gasteiger partial charge on any atom is 0.356 e. The fourth-order valence-corrected chi connectivity index (χ4v) is 3.10. The quantitative estimate of drug-likeness (QED) is 0.643. The van der Waals surface area contributed by atoms with Crippen LogP contribution in [0, 0.1) is 25.2 Å². The lowest BCUT2D eigenvalue weighted by Gasteiger charge is -2.04. The molecular weight excluding hydrogens is 274 g/mol. The Balaban J connectivity index is 2.65. The molecule has 0 atom stereocenters. The highest BCUT2D eigenvalue weighted by molar-refractivity contribution is 7.98. The van der Waals surface area contributed by atoms with Crippen LogP contribution < -0.4 is 5.63 Å². The molecule has 0 amide bonds. The Hall–Kier alpha value is -2.26. The smallest absolute Gasteiger partial charge is 0.356 e. The van der Waals surface area contributed by atoms with Gasteiger partial charge >= 0.3 is 5.63 Å². The van der Waals surface area contributed by atoms with E-state index in [1.165, 1.54) is 11.8 Å². The van der Waals surface area contributed by atoms with Crippen LogP contribution in [-0.4, -0.2) is 15.6 Å². The summed E-state index contributed by atoms with van der Waals surface area (Å²) >= 11 is 1.35. The minimum Gasteiger partial charge on any atom is -0.401 e. The highest BCUT2D eigenvalue weighted by atomic mass is 32.2. The maximum absolute atomic E-state index is 11.8. The first kappa shape index (κ1) is 12.8. The second-order valence-corrected chi connectivity index (χ2v) is 5.39. The first-order chi connectivity index (χ1) is 9.56. The molecule has 0 bridgehead atoms. The number of aryl methyl sites for hydroxylation is 2. The van der Waals surface area contributed by atoms with Crippen molar-refractivity contribution in [2.75, 3.05) is 6.26 Å². The van der Waals surface area contributed by atoms with Gasteiger partial charge < -0.3 is 4.42 Å². The molecule has 0 saturated carbocycles. The van der Waals surface area contributed by atoms with Crippen LogP contribution in [0.15, 0.2) is 26.4 Å². The molecule has 3 aromatic rings. The lowest BCUT2D eigenvalue weighted by atomic mass is 10.2. The van der Waals surface area contributed by atoms with E-state index in [0.717, 1.165) is 16.8 Å². The number of nitriles is 1. The Bertz CT molecular complexity index is 947. The molecule has 6 heteroatoms. The van der Waals surface area contributed by atoms with E-state index >= 15 is 0 Å². The van der Waals surface area contributed by atoms with Gasteiger partial charge in [0.15, 0.2) is 5.56 Å². The predicted molar refractivity (Wildman–Crippen MR) is 77.2 cm³/mol. The van der Waals surface area contributed by atoms with Crippen molar-refractivity contribution in [3.05, 3.63) is 39.4 Å². The highest BCUT2D eigenvalue weighted by Gasteiger charge is 2.19. The molecule has 3 aromatic heterocycles. The molecule has 0 spiro atoms. The zero-order valence-electron chi connectivity index (χ0n) is 11.2. The SMILES string of the molecule is CSc1c(C#N)c(=O)oc2nc3c(C)cc(C)cn3c12. The second-order valence-electron chi connectivity index (χ2n) is 4.57. The first-order valence-corrected chi connectivity index (χ1v) is 7.19. The molecule has 0 radical (unpaired) electrons. The van der Waals surface area contributed by atoms with Gasteiger partial charge in [-0.2, -0.15) is 10.2 Å². The summed E-state index contributed by atoms with van der Waals surface area (Å²) < 4.78 is 7.07. The van der Waals surface area contributed by atoms with E-state index in [9.17, 15) is 4.79 Å². The van der Waals surface area contributed by atoms with Crippen LogP contribution in [0.4, 0.5) is 0 Å². The van der Waals surface area contributed by atoms with Crippen LogP contribution in [0.1, 0.15) is 16.7 Å². The van der Waals surface area contributed by atoms with Gasteiger partial charge in [-0.05, 0) is 31.2 Å². The van der Waals surface area contributed by atoms with Crippen molar-refractivity contribution in [2.24, 2.45) is 0 Å². The van der Waals surface area contributed by atoms with E-state index in [0.29, 0.717) is 10.4 Å². The Morgan fingerprint density at radius 2 is 2.20 bits per heavy atom. The lowest BCUT2D eigenvalue weighted by molar-refractivity contribution is 0.545. The first-order valence-electron chi connectivity index (χ1n) is 5.97. The zero-order valence-corrected chi connectivity index (χ0v) is 12.0. The molecule has 0 aliphatic rings. The number of imidazole rings is 1. The molecule has 0 unspecified atom stereocenters. The molecule has 20 heavy (non-hydrogen) atoms. The lowest BCUT2D eigenvalue weighted by Crippen LogP contribution is -2.06. The average Bonchev–Trinajstić information content (AvgIpc) is 2.75. The minimum atomic E-state index is -0.637. The number of fused-ring (bicyclic) bond motifs is 3. The van der Waals surface area contributed by atoms with Gasteiger partial charge in [-0.25, -0.2) is 4.79 Å². The van der Waals surface area contributed by atoms with Crippen LogP contribution in [0.25, 0.3) is 16.9 Å². The number of nitrogens with zero attached hydrogens (tertiary/aromatic N) is 3. The molecule has 0 aromatic carbocycles. The fourth-order valence-electron chi connectivity index (χ4n) is 2.39. The summed E-state index contributed by atoms with van der Waals surface area (Å²) in [6.45, 7) is 3.94. The number of aromatic nitrogens is 2. The van der Waals surface area contributed by atoms with Gasteiger partial charge in [0.05, 0.1) is 4.90 Å². The Kier molecular flexibility index (Phi) is 2.80. The summed E-state index contributed by atoms with van der Waals surface area (Å²) in [6, 6.07) is 3.94. The molecular formula is C14H11N3O2S. The standard InChI is InChI=1S/C14H11N3O2S/c1-7-4-8(2)12-16-13-10(17(12)6-7)11(20-3)9(5-15)14(18)19-13/h4,6H,1-3H3. The predicted octanol–water partition coefficient (Wildman–Crippen LogP) is 2.65. The van der Waals surface area contributed by atoms with Crippen molar-refractivity contribution < 1.29 is 4.42 Å². The van der Waals surface area contributed by atoms with Gasteiger partial charge in [0.2, 0.25) is 0 Å². The summed E-state index contributed by atoms with van der Waals surface area (Å²) in [5.41, 5.74) is 3.15. The monoisotopic (exact) mass is 285 g/mol. The van der Waals surface area contributed by atoms with Crippen LogP contribution in [-0.2, 0) is 0 Å². The minimum absolute atomic E-state index is 0.0333. The number of pyridine rings is 1. The van der Waals surface area contributed by atoms with Gasteiger partial charge in [-0.15, -0.1) is 11.8 Å². The van der Waals surface area contributed by atoms with E-state index < -0.39 is 5.63 Å². The van der Waals surface area contributed by atoms with Crippen molar-refractivity contribution in [3.63, 3.8) is 0 Å². The van der Waals surface area contributed by atoms with Crippen molar-refractivity contribution in [1.82, 2.24) is 9.38 Å². The molecule has 3 rings (SSSR count). The molecule has 0 aliphatic heterocycles. The molecule has 5 nitrogen and oxygen atoms in total. The summed E-state index contributed by atoms with van der Waals surface area (Å²) in [6.07, 6.45) is 3.76. The van der Waals surface area contributed by atoms with Gasteiger partial charge in [-0.3, -0.25) is 4.40 Å². The largest absolute Gasteiger partial charge is 0.401 e. The molecule has 0 fully saturated rings. The number of rotatable bonds is 1. The number of hydrogen-bond donors (Lipinski definition) is 0. The topological polar surface area (TPSA) is 71.3 Å². The van der Waals surface area contributed by atoms with Crippen molar-refractivity contribution in [3.8, 4) is 6.07 Å². The third-order valence-corrected chi connectivity index (χ3v) is 3.97. The Morgan fingerprint density at radius 3 is 2.85 bits per heavy atom. The Labute approximate surface area is 118 Å². The van der Waals surface area contributed by atoms with E-state index in [1.807, 2.05) is 42.8 Å². The normalized spacial score (nSPS) is 11.1. The number of thioether (sulfide) groups is 1. The maximum atomic E-state index is 11.8. The van der Waals surface area contributed by atoms with Crippen LogP contribution in [0.2, 0.25) is 0 Å². The van der Waals surface area contributed by atoms with Crippen LogP contribution in [0.5, 0.6) is 0 Å². The summed E-state index contributed by atoms with van der Waals surface area (Å²) in [5, 5.41) is 9.16. The third-order valence-electron chi connectivity index (χ3n) is 3.16. The molecule has 0 N–H and O–H groups in total. The second kappa shape index (κ2) is 4.39. The van der Waals surface area contributed by atoms with Gasteiger partial charge in [-0.1, -0.05) is 6.07 Å². The van der Waals surface area contributed by atoms with E-state index in [1.54, 1.807) is 0 Å².